The lowest BCUT2D eigenvalue weighted by Gasteiger charge is -2.32. The van der Waals surface area contributed by atoms with Crippen molar-refractivity contribution in [1.29, 1.82) is 0 Å². The highest BCUT2D eigenvalue weighted by atomic mass is 32.2. The second-order valence-corrected chi connectivity index (χ2v) is 10.9. The van der Waals surface area contributed by atoms with Gasteiger partial charge in [-0.15, -0.1) is 0 Å². The monoisotopic (exact) mass is 503 g/mol. The van der Waals surface area contributed by atoms with Crippen molar-refractivity contribution in [3.63, 3.8) is 0 Å². The van der Waals surface area contributed by atoms with Gasteiger partial charge in [0.25, 0.3) is 0 Å². The molecule has 2 aromatic rings. The van der Waals surface area contributed by atoms with Gasteiger partial charge in [-0.25, -0.2) is 8.42 Å². The predicted octanol–water partition coefficient (Wildman–Crippen LogP) is 3.41. The van der Waals surface area contributed by atoms with E-state index in [9.17, 15) is 18.0 Å². The summed E-state index contributed by atoms with van der Waals surface area (Å²) in [4.78, 5) is 28.0. The van der Waals surface area contributed by atoms with E-state index < -0.39 is 28.5 Å². The SMILES string of the molecule is CC[C@@H](C)NC(=O)[C@H](C)N(Cc1ccc(C)cc1)C(=O)CN(c1cc(C)ccc1OC)S(C)(=O)=O. The van der Waals surface area contributed by atoms with Crippen molar-refractivity contribution in [1.82, 2.24) is 10.2 Å². The number of anilines is 1. The topological polar surface area (TPSA) is 96.0 Å². The van der Waals surface area contributed by atoms with Crippen molar-refractivity contribution < 1.29 is 22.7 Å². The maximum absolute atomic E-state index is 13.6. The summed E-state index contributed by atoms with van der Waals surface area (Å²) in [6.07, 6.45) is 1.80. The molecule has 192 valence electrons. The van der Waals surface area contributed by atoms with E-state index in [0.717, 1.165) is 33.7 Å². The van der Waals surface area contributed by atoms with Gasteiger partial charge in [-0.2, -0.15) is 0 Å². The molecule has 0 aliphatic carbocycles. The third kappa shape index (κ3) is 7.71. The lowest BCUT2D eigenvalue weighted by Crippen LogP contribution is -2.52. The number of ether oxygens (including phenoxy) is 1. The zero-order valence-electron chi connectivity index (χ0n) is 21.7. The fourth-order valence-corrected chi connectivity index (χ4v) is 4.37. The molecule has 0 unspecified atom stereocenters. The number of nitrogens with one attached hydrogen (secondary N) is 1. The number of sulfonamides is 1. The summed E-state index contributed by atoms with van der Waals surface area (Å²) in [5, 5.41) is 2.92. The van der Waals surface area contributed by atoms with Gasteiger partial charge in [0.2, 0.25) is 21.8 Å². The first-order valence-corrected chi connectivity index (χ1v) is 13.5. The molecule has 0 heterocycles. The van der Waals surface area contributed by atoms with Gasteiger partial charge >= 0.3 is 0 Å². The summed E-state index contributed by atoms with van der Waals surface area (Å²) in [6.45, 7) is 9.00. The van der Waals surface area contributed by atoms with Crippen LogP contribution in [0.4, 0.5) is 5.69 Å². The molecule has 2 amide bonds. The Bertz CT molecular complexity index is 1130. The van der Waals surface area contributed by atoms with E-state index in [2.05, 4.69) is 5.32 Å². The lowest BCUT2D eigenvalue weighted by molar-refractivity contribution is -0.139. The van der Waals surface area contributed by atoms with Crippen LogP contribution in [0.25, 0.3) is 0 Å². The second-order valence-electron chi connectivity index (χ2n) is 8.95. The van der Waals surface area contributed by atoms with Gasteiger partial charge < -0.3 is 15.0 Å². The average Bonchev–Trinajstić information content (AvgIpc) is 2.80. The molecule has 0 aliphatic rings. The summed E-state index contributed by atoms with van der Waals surface area (Å²) in [7, 11) is -2.39. The van der Waals surface area contributed by atoms with Crippen LogP contribution < -0.4 is 14.4 Å². The van der Waals surface area contributed by atoms with Gasteiger partial charge in [-0.05, 0) is 57.4 Å². The quantitative estimate of drug-likeness (QED) is 0.507. The van der Waals surface area contributed by atoms with E-state index in [1.807, 2.05) is 52.0 Å². The molecule has 0 spiro atoms. The molecule has 0 aromatic heterocycles. The molecule has 35 heavy (non-hydrogen) atoms. The number of methoxy groups -OCH3 is 1. The normalized spacial score (nSPS) is 13.0. The van der Waals surface area contributed by atoms with Crippen molar-refractivity contribution in [3.05, 3.63) is 59.2 Å². The Morgan fingerprint density at radius 2 is 1.63 bits per heavy atom. The maximum Gasteiger partial charge on any atom is 0.244 e. The second kappa shape index (κ2) is 12.1. The Hall–Kier alpha value is -3.07. The standard InChI is InChI=1S/C26H37N3O5S/c1-8-20(4)27-26(31)21(5)28(16-22-12-9-18(2)10-13-22)25(30)17-29(35(7,32)33)23-15-19(3)11-14-24(23)34-6/h9-15,20-21H,8,16-17H2,1-7H3,(H,27,31)/t20-,21+/m1/s1. The fourth-order valence-electron chi connectivity index (χ4n) is 3.53. The summed E-state index contributed by atoms with van der Waals surface area (Å²) in [6, 6.07) is 11.9. The molecule has 0 saturated carbocycles. The highest BCUT2D eigenvalue weighted by Crippen LogP contribution is 2.31. The average molecular weight is 504 g/mol. The van der Waals surface area contributed by atoms with Crippen LogP contribution in [-0.2, 0) is 26.2 Å². The van der Waals surface area contributed by atoms with E-state index >= 15 is 0 Å². The molecule has 2 aromatic carbocycles. The molecule has 0 fully saturated rings. The third-order valence-electron chi connectivity index (χ3n) is 5.92. The highest BCUT2D eigenvalue weighted by Gasteiger charge is 2.31. The number of rotatable bonds is 11. The smallest absolute Gasteiger partial charge is 0.244 e. The minimum atomic E-state index is -3.84. The molecular formula is C26H37N3O5S. The van der Waals surface area contributed by atoms with Crippen molar-refractivity contribution >= 4 is 27.5 Å². The van der Waals surface area contributed by atoms with Crippen molar-refractivity contribution in [2.75, 3.05) is 24.2 Å². The summed E-state index contributed by atoms with van der Waals surface area (Å²) >= 11 is 0. The van der Waals surface area contributed by atoms with Crippen molar-refractivity contribution in [2.24, 2.45) is 0 Å². The minimum absolute atomic E-state index is 0.0506. The van der Waals surface area contributed by atoms with Gasteiger partial charge in [-0.1, -0.05) is 42.8 Å². The molecule has 0 radical (unpaired) electrons. The van der Waals surface area contributed by atoms with Crippen LogP contribution >= 0.6 is 0 Å². The first-order chi connectivity index (χ1) is 16.4. The number of aryl methyl sites for hydroxylation is 2. The van der Waals surface area contributed by atoms with E-state index in [1.54, 1.807) is 25.1 Å². The largest absolute Gasteiger partial charge is 0.495 e. The van der Waals surface area contributed by atoms with Gasteiger partial charge in [0.15, 0.2) is 0 Å². The number of benzene rings is 2. The number of hydrogen-bond donors (Lipinski definition) is 1. The van der Waals surface area contributed by atoms with Crippen molar-refractivity contribution in [3.8, 4) is 5.75 Å². The fraction of sp³-hybridized carbons (Fsp3) is 0.462. The van der Waals surface area contributed by atoms with Gasteiger partial charge in [-0.3, -0.25) is 13.9 Å². The first kappa shape index (κ1) is 28.2. The van der Waals surface area contributed by atoms with E-state index in [-0.39, 0.29) is 24.2 Å². The molecule has 0 bridgehead atoms. The summed E-state index contributed by atoms with van der Waals surface area (Å²) < 4.78 is 31.9. The van der Waals surface area contributed by atoms with E-state index in [4.69, 9.17) is 4.74 Å². The lowest BCUT2D eigenvalue weighted by atomic mass is 10.1. The number of carbonyl (C=O) groups is 2. The van der Waals surface area contributed by atoms with Crippen molar-refractivity contribution in [2.45, 2.75) is 59.7 Å². The predicted molar refractivity (Wildman–Crippen MR) is 139 cm³/mol. The Labute approximate surface area is 209 Å². The van der Waals surface area contributed by atoms with Gasteiger partial charge in [0.1, 0.15) is 18.3 Å². The summed E-state index contributed by atoms with van der Waals surface area (Å²) in [5.74, 6) is -0.452. The van der Waals surface area contributed by atoms with Crippen LogP contribution in [-0.4, -0.2) is 57.1 Å². The van der Waals surface area contributed by atoms with Crippen LogP contribution in [0.2, 0.25) is 0 Å². The molecular weight excluding hydrogens is 466 g/mol. The number of nitrogens with zero attached hydrogens (tertiary/aromatic N) is 2. The number of carbonyl (C=O) groups excluding carboxylic acids is 2. The molecule has 9 heteroatoms. The third-order valence-corrected chi connectivity index (χ3v) is 7.05. The van der Waals surface area contributed by atoms with Crippen LogP contribution in [0.15, 0.2) is 42.5 Å². The molecule has 2 rings (SSSR count). The van der Waals surface area contributed by atoms with Gasteiger partial charge in [0.05, 0.1) is 19.1 Å². The Morgan fingerprint density at radius 1 is 1.03 bits per heavy atom. The molecule has 0 saturated heterocycles. The Balaban J connectivity index is 2.45. The first-order valence-electron chi connectivity index (χ1n) is 11.6. The van der Waals surface area contributed by atoms with Crippen LogP contribution in [0.5, 0.6) is 5.75 Å². The molecule has 2 atom stereocenters. The molecule has 1 N–H and O–H groups in total. The zero-order chi connectivity index (χ0) is 26.3. The van der Waals surface area contributed by atoms with Crippen LogP contribution in [0.3, 0.4) is 0 Å². The van der Waals surface area contributed by atoms with E-state index in [0.29, 0.717) is 5.75 Å². The van der Waals surface area contributed by atoms with Crippen LogP contribution in [0.1, 0.15) is 43.9 Å². The molecule has 8 nitrogen and oxygen atoms in total. The highest BCUT2D eigenvalue weighted by molar-refractivity contribution is 7.92. The summed E-state index contributed by atoms with van der Waals surface area (Å²) in [5.41, 5.74) is 3.00. The zero-order valence-corrected chi connectivity index (χ0v) is 22.5. The number of amides is 2. The van der Waals surface area contributed by atoms with Crippen LogP contribution in [0, 0.1) is 13.8 Å². The number of hydrogen-bond acceptors (Lipinski definition) is 5. The van der Waals surface area contributed by atoms with E-state index in [1.165, 1.54) is 12.0 Å². The maximum atomic E-state index is 13.6. The Kier molecular flexibility index (Phi) is 9.71. The van der Waals surface area contributed by atoms with Gasteiger partial charge in [0, 0.05) is 12.6 Å². The molecule has 0 aliphatic heterocycles. The Morgan fingerprint density at radius 3 is 2.17 bits per heavy atom. The minimum Gasteiger partial charge on any atom is -0.495 e.